The molecule has 0 saturated carbocycles. The molecular formula is C23H20ClNO2. The van der Waals surface area contributed by atoms with Gasteiger partial charge in [-0.25, -0.2) is 0 Å². The van der Waals surface area contributed by atoms with Crippen molar-refractivity contribution in [3.63, 3.8) is 0 Å². The molecule has 136 valence electrons. The van der Waals surface area contributed by atoms with Crippen LogP contribution in [0.4, 0.5) is 0 Å². The number of fused-ring (bicyclic) bond motifs is 3. The fourth-order valence-corrected chi connectivity index (χ4v) is 4.58. The first-order valence-electron chi connectivity index (χ1n) is 9.36. The Bertz CT molecular complexity index is 1040. The van der Waals surface area contributed by atoms with E-state index in [0.29, 0.717) is 24.7 Å². The highest BCUT2D eigenvalue weighted by atomic mass is 35.5. The van der Waals surface area contributed by atoms with Gasteiger partial charge in [0.1, 0.15) is 0 Å². The molecule has 0 unspecified atom stereocenters. The Morgan fingerprint density at radius 3 is 2.56 bits per heavy atom. The summed E-state index contributed by atoms with van der Waals surface area (Å²) in [6.45, 7) is 2.11. The van der Waals surface area contributed by atoms with E-state index in [1.165, 1.54) is 11.1 Å². The molecule has 4 heteroatoms. The van der Waals surface area contributed by atoms with Crippen molar-refractivity contribution in [1.82, 2.24) is 4.90 Å². The maximum absolute atomic E-state index is 13.0. The van der Waals surface area contributed by atoms with Gasteiger partial charge >= 0.3 is 0 Å². The number of amides is 1. The minimum atomic E-state index is -0.215. The average molecular weight is 378 g/mol. The van der Waals surface area contributed by atoms with Crippen molar-refractivity contribution in [2.24, 2.45) is 0 Å². The summed E-state index contributed by atoms with van der Waals surface area (Å²) in [5.41, 5.74) is 3.10. The summed E-state index contributed by atoms with van der Waals surface area (Å²) in [5.74, 6) is 0.0907. The number of benzene rings is 3. The van der Waals surface area contributed by atoms with Crippen LogP contribution < -0.4 is 0 Å². The van der Waals surface area contributed by atoms with E-state index >= 15 is 0 Å². The number of rotatable bonds is 1. The van der Waals surface area contributed by atoms with Crippen LogP contribution in [0.3, 0.4) is 0 Å². The molecule has 2 aliphatic heterocycles. The van der Waals surface area contributed by atoms with Gasteiger partial charge in [0, 0.05) is 23.7 Å². The lowest BCUT2D eigenvalue weighted by atomic mass is 9.83. The minimum absolute atomic E-state index is 0.0907. The van der Waals surface area contributed by atoms with Crippen molar-refractivity contribution < 1.29 is 9.53 Å². The normalized spacial score (nSPS) is 18.0. The predicted molar refractivity (Wildman–Crippen MR) is 107 cm³/mol. The van der Waals surface area contributed by atoms with Crippen molar-refractivity contribution in [3.8, 4) is 0 Å². The lowest BCUT2D eigenvalue weighted by Crippen LogP contribution is -2.45. The van der Waals surface area contributed by atoms with Crippen LogP contribution in [0.15, 0.2) is 60.7 Å². The second-order valence-electron chi connectivity index (χ2n) is 7.44. The maximum atomic E-state index is 13.0. The molecule has 1 fully saturated rings. The Labute approximate surface area is 163 Å². The van der Waals surface area contributed by atoms with E-state index < -0.39 is 0 Å². The first-order valence-corrected chi connectivity index (χ1v) is 9.73. The van der Waals surface area contributed by atoms with E-state index in [9.17, 15) is 4.79 Å². The zero-order valence-corrected chi connectivity index (χ0v) is 15.7. The Hall–Kier alpha value is -2.36. The topological polar surface area (TPSA) is 29.5 Å². The van der Waals surface area contributed by atoms with Gasteiger partial charge in [-0.15, -0.1) is 0 Å². The molecule has 2 heterocycles. The number of hydrogen-bond acceptors (Lipinski definition) is 2. The lowest BCUT2D eigenvalue weighted by molar-refractivity contribution is -0.0741. The van der Waals surface area contributed by atoms with E-state index in [4.69, 9.17) is 16.3 Å². The Kier molecular flexibility index (Phi) is 3.96. The van der Waals surface area contributed by atoms with Gasteiger partial charge < -0.3 is 9.64 Å². The minimum Gasteiger partial charge on any atom is -0.365 e. The fourth-order valence-electron chi connectivity index (χ4n) is 4.40. The lowest BCUT2D eigenvalue weighted by Gasteiger charge is -2.39. The summed E-state index contributed by atoms with van der Waals surface area (Å²) in [4.78, 5) is 15.0. The van der Waals surface area contributed by atoms with E-state index in [2.05, 4.69) is 24.3 Å². The van der Waals surface area contributed by atoms with Crippen LogP contribution in [0.1, 0.15) is 34.3 Å². The van der Waals surface area contributed by atoms with Gasteiger partial charge in [-0.1, -0.05) is 48.0 Å². The van der Waals surface area contributed by atoms with Gasteiger partial charge in [0.25, 0.3) is 5.91 Å². The largest absolute Gasteiger partial charge is 0.365 e. The van der Waals surface area contributed by atoms with Gasteiger partial charge in [-0.3, -0.25) is 4.79 Å². The number of nitrogens with zero attached hydrogens (tertiary/aromatic N) is 1. The number of piperidine rings is 1. The maximum Gasteiger partial charge on any atom is 0.253 e. The van der Waals surface area contributed by atoms with Crippen molar-refractivity contribution in [1.29, 1.82) is 0 Å². The molecule has 3 aromatic rings. The van der Waals surface area contributed by atoms with Crippen LogP contribution in [-0.4, -0.2) is 23.9 Å². The Balaban J connectivity index is 1.35. The number of likely N-dealkylation sites (tertiary alicyclic amines) is 1. The quantitative estimate of drug-likeness (QED) is 0.586. The first-order chi connectivity index (χ1) is 13.1. The number of carbonyl (C=O) groups is 1. The zero-order chi connectivity index (χ0) is 18.4. The molecular weight excluding hydrogens is 358 g/mol. The highest BCUT2D eigenvalue weighted by Crippen LogP contribution is 2.44. The van der Waals surface area contributed by atoms with Crippen LogP contribution >= 0.6 is 11.6 Å². The third-order valence-corrected chi connectivity index (χ3v) is 6.15. The average Bonchev–Trinajstić information content (AvgIpc) is 3.06. The second kappa shape index (κ2) is 6.36. The highest BCUT2D eigenvalue weighted by molar-refractivity contribution is 6.31. The Morgan fingerprint density at radius 1 is 0.963 bits per heavy atom. The van der Waals surface area contributed by atoms with E-state index in [-0.39, 0.29) is 11.5 Å². The van der Waals surface area contributed by atoms with Gasteiger partial charge in [-0.2, -0.15) is 0 Å². The summed E-state index contributed by atoms with van der Waals surface area (Å²) in [6.07, 6.45) is 1.69. The fraction of sp³-hybridized carbons (Fsp3) is 0.261. The van der Waals surface area contributed by atoms with Gasteiger partial charge in [0.2, 0.25) is 0 Å². The molecule has 0 N–H and O–H groups in total. The third-order valence-electron chi connectivity index (χ3n) is 5.92. The van der Waals surface area contributed by atoms with E-state index in [1.54, 1.807) is 0 Å². The van der Waals surface area contributed by atoms with Crippen molar-refractivity contribution in [3.05, 3.63) is 82.4 Å². The van der Waals surface area contributed by atoms with Gasteiger partial charge in [-0.05, 0) is 59.0 Å². The molecule has 0 aromatic heterocycles. The second-order valence-corrected chi connectivity index (χ2v) is 7.88. The van der Waals surface area contributed by atoms with E-state index in [0.717, 1.165) is 29.2 Å². The van der Waals surface area contributed by atoms with Gasteiger partial charge in [0.15, 0.2) is 0 Å². The third kappa shape index (κ3) is 2.82. The van der Waals surface area contributed by atoms with Crippen molar-refractivity contribution in [2.75, 3.05) is 13.1 Å². The van der Waals surface area contributed by atoms with Crippen molar-refractivity contribution >= 4 is 28.3 Å². The molecule has 0 aliphatic carbocycles. The predicted octanol–water partition coefficient (Wildman–Crippen LogP) is 5.15. The number of carbonyl (C=O) groups excluding carboxylic acids is 1. The first kappa shape index (κ1) is 16.8. The summed E-state index contributed by atoms with van der Waals surface area (Å²) in [6, 6.07) is 20.0. The standard InChI is InChI=1S/C23H20ClNO2/c24-20-8-7-16-13-18(6-5-17(16)14-20)22(26)25-11-9-23(10-12-25)21-4-2-1-3-19(21)15-27-23/h1-8,13-14H,9-12,15H2. The summed E-state index contributed by atoms with van der Waals surface area (Å²) in [5, 5.41) is 2.79. The van der Waals surface area contributed by atoms with Crippen LogP contribution in [0.2, 0.25) is 5.02 Å². The van der Waals surface area contributed by atoms with E-state index in [1.807, 2.05) is 41.3 Å². The molecule has 3 nitrogen and oxygen atoms in total. The number of hydrogen-bond donors (Lipinski definition) is 0. The van der Waals surface area contributed by atoms with Crippen LogP contribution in [0, 0.1) is 0 Å². The smallest absolute Gasteiger partial charge is 0.253 e. The Morgan fingerprint density at radius 2 is 1.70 bits per heavy atom. The van der Waals surface area contributed by atoms with Gasteiger partial charge in [0.05, 0.1) is 12.2 Å². The number of ether oxygens (including phenoxy) is 1. The molecule has 1 spiro atoms. The molecule has 27 heavy (non-hydrogen) atoms. The molecule has 5 rings (SSSR count). The molecule has 0 bridgehead atoms. The molecule has 2 aliphatic rings. The molecule has 1 saturated heterocycles. The van der Waals surface area contributed by atoms with Crippen LogP contribution in [0.5, 0.6) is 0 Å². The molecule has 0 atom stereocenters. The van der Waals surface area contributed by atoms with Crippen LogP contribution in [-0.2, 0) is 16.9 Å². The molecule has 3 aromatic carbocycles. The molecule has 0 radical (unpaired) electrons. The summed E-state index contributed by atoms with van der Waals surface area (Å²) in [7, 11) is 0. The number of halogens is 1. The zero-order valence-electron chi connectivity index (χ0n) is 15.0. The van der Waals surface area contributed by atoms with Crippen LogP contribution in [0.25, 0.3) is 10.8 Å². The summed E-state index contributed by atoms with van der Waals surface area (Å²) < 4.78 is 6.20. The molecule has 1 amide bonds. The monoisotopic (exact) mass is 377 g/mol. The SMILES string of the molecule is O=C(c1ccc2cc(Cl)ccc2c1)N1CCC2(CC1)OCc1ccccc12. The summed E-state index contributed by atoms with van der Waals surface area (Å²) >= 11 is 6.05. The highest BCUT2D eigenvalue weighted by Gasteiger charge is 2.43. The van der Waals surface area contributed by atoms with Crippen molar-refractivity contribution in [2.45, 2.75) is 25.0 Å².